The molecule has 0 fully saturated rings. The maximum atomic E-state index is 12.2. The summed E-state index contributed by atoms with van der Waals surface area (Å²) in [6, 6.07) is 2.44. The predicted octanol–water partition coefficient (Wildman–Crippen LogP) is 3.01. The van der Waals surface area contributed by atoms with Crippen LogP contribution in [0, 0.1) is 0 Å². The van der Waals surface area contributed by atoms with Gasteiger partial charge in [-0.25, -0.2) is 4.79 Å². The molecule has 0 aliphatic rings. The van der Waals surface area contributed by atoms with Crippen molar-refractivity contribution >= 4 is 5.97 Å². The zero-order valence-corrected chi connectivity index (χ0v) is 9.12. The van der Waals surface area contributed by atoms with Crippen LogP contribution in [0.4, 0.5) is 13.2 Å². The summed E-state index contributed by atoms with van der Waals surface area (Å²) in [6.07, 6.45) is -7.38. The number of furan rings is 1. The molecule has 1 aromatic rings. The maximum absolute atomic E-state index is 12.2. The van der Waals surface area contributed by atoms with Crippen molar-refractivity contribution in [1.29, 1.82) is 0 Å². The molecule has 1 heterocycles. The highest BCUT2D eigenvalue weighted by atomic mass is 19.4. The van der Waals surface area contributed by atoms with E-state index in [4.69, 9.17) is 9.52 Å². The Morgan fingerprint density at radius 1 is 1.41 bits per heavy atom. The van der Waals surface area contributed by atoms with E-state index in [2.05, 4.69) is 4.74 Å². The first-order valence-corrected chi connectivity index (χ1v) is 4.77. The van der Waals surface area contributed by atoms with Crippen LogP contribution in [0.2, 0.25) is 0 Å². The molecule has 1 rings (SSSR count). The molecule has 2 unspecified atom stereocenters. The van der Waals surface area contributed by atoms with Gasteiger partial charge in [0.1, 0.15) is 11.9 Å². The Kier molecular flexibility index (Phi) is 3.82. The smallest absolute Gasteiger partial charge is 0.414 e. The molecule has 1 N–H and O–H groups in total. The second-order valence-corrected chi connectivity index (χ2v) is 3.47. The van der Waals surface area contributed by atoms with Gasteiger partial charge in [0.25, 0.3) is 0 Å². The van der Waals surface area contributed by atoms with E-state index in [0.717, 1.165) is 13.0 Å². The Morgan fingerprint density at radius 3 is 2.41 bits per heavy atom. The molecule has 0 aliphatic carbocycles. The zero-order chi connectivity index (χ0) is 13.2. The second-order valence-electron chi connectivity index (χ2n) is 3.47. The summed E-state index contributed by atoms with van der Waals surface area (Å²) in [4.78, 5) is 10.5. The van der Waals surface area contributed by atoms with Crippen molar-refractivity contribution in [2.75, 3.05) is 0 Å². The molecule has 2 atom stereocenters. The van der Waals surface area contributed by atoms with Gasteiger partial charge in [0.2, 0.25) is 5.76 Å². The first kappa shape index (κ1) is 13.6. The van der Waals surface area contributed by atoms with Crippen LogP contribution in [0.25, 0.3) is 0 Å². The quantitative estimate of drug-likeness (QED) is 0.894. The number of halogens is 3. The van der Waals surface area contributed by atoms with Gasteiger partial charge in [-0.1, -0.05) is 0 Å². The summed E-state index contributed by atoms with van der Waals surface area (Å²) in [5.74, 6) is -1.58. The molecule has 1 aromatic heterocycles. The average molecular weight is 252 g/mol. The second kappa shape index (κ2) is 4.79. The minimum atomic E-state index is -4.46. The lowest BCUT2D eigenvalue weighted by Gasteiger charge is -2.19. The number of rotatable bonds is 4. The molecule has 0 radical (unpaired) electrons. The lowest BCUT2D eigenvalue weighted by atomic mass is 10.3. The van der Waals surface area contributed by atoms with E-state index in [9.17, 15) is 18.0 Å². The molecule has 0 spiro atoms. The molecule has 0 aliphatic heterocycles. The predicted molar refractivity (Wildman–Crippen MR) is 50.7 cm³/mol. The van der Waals surface area contributed by atoms with Crippen LogP contribution >= 0.6 is 0 Å². The number of aromatic carboxylic acids is 1. The van der Waals surface area contributed by atoms with Crippen molar-refractivity contribution in [1.82, 2.24) is 0 Å². The van der Waals surface area contributed by atoms with Crippen LogP contribution in [-0.4, -0.2) is 23.4 Å². The van der Waals surface area contributed by atoms with Crippen molar-refractivity contribution in [3.05, 3.63) is 23.7 Å². The molecule has 96 valence electrons. The fraction of sp³-hybridized carbons (Fsp3) is 0.500. The molecule has 0 aromatic carbocycles. The first-order chi connectivity index (χ1) is 7.71. The number of carboxylic acid groups (broad SMARTS) is 1. The van der Waals surface area contributed by atoms with Crippen LogP contribution in [-0.2, 0) is 4.74 Å². The molecule has 17 heavy (non-hydrogen) atoms. The molecule has 0 amide bonds. The third-order valence-corrected chi connectivity index (χ3v) is 2.11. The third kappa shape index (κ3) is 3.48. The van der Waals surface area contributed by atoms with Gasteiger partial charge in [-0.2, -0.15) is 13.2 Å². The summed E-state index contributed by atoms with van der Waals surface area (Å²) in [5.41, 5.74) is 0. The minimum absolute atomic E-state index is 0.0403. The van der Waals surface area contributed by atoms with Crippen LogP contribution in [0.3, 0.4) is 0 Å². The minimum Gasteiger partial charge on any atom is -0.475 e. The van der Waals surface area contributed by atoms with Gasteiger partial charge >= 0.3 is 12.1 Å². The standard InChI is InChI=1S/C10H11F3O4/c1-5(16-6(2)10(11,12)13)7-3-4-8(17-7)9(14)15/h3-6H,1-2H3,(H,14,15). The van der Waals surface area contributed by atoms with Crippen molar-refractivity contribution < 1.29 is 32.2 Å². The SMILES string of the molecule is CC(OC(C)C(F)(F)F)c1ccc(C(=O)O)o1. The molecule has 7 heteroatoms. The highest BCUT2D eigenvalue weighted by Crippen LogP contribution is 2.28. The lowest BCUT2D eigenvalue weighted by Crippen LogP contribution is -2.29. The summed E-state index contributed by atoms with van der Waals surface area (Å²) < 4.78 is 46.1. The Bertz CT molecular complexity index is 397. The lowest BCUT2D eigenvalue weighted by molar-refractivity contribution is -0.227. The Labute approximate surface area is 95.0 Å². The first-order valence-electron chi connectivity index (χ1n) is 4.77. The summed E-state index contributed by atoms with van der Waals surface area (Å²) >= 11 is 0. The van der Waals surface area contributed by atoms with Gasteiger partial charge in [-0.3, -0.25) is 0 Å². The Morgan fingerprint density at radius 2 is 2.00 bits per heavy atom. The summed E-state index contributed by atoms with van der Waals surface area (Å²) in [5, 5.41) is 8.58. The van der Waals surface area contributed by atoms with E-state index in [1.807, 2.05) is 0 Å². The normalized spacial score (nSPS) is 15.6. The number of alkyl halides is 3. The zero-order valence-electron chi connectivity index (χ0n) is 9.12. The van der Waals surface area contributed by atoms with E-state index in [-0.39, 0.29) is 11.5 Å². The topological polar surface area (TPSA) is 59.7 Å². The largest absolute Gasteiger partial charge is 0.475 e. The summed E-state index contributed by atoms with van der Waals surface area (Å²) in [7, 11) is 0. The molecule has 0 bridgehead atoms. The van der Waals surface area contributed by atoms with Gasteiger partial charge in [-0.05, 0) is 26.0 Å². The van der Waals surface area contributed by atoms with Crippen LogP contribution < -0.4 is 0 Å². The van der Waals surface area contributed by atoms with Gasteiger partial charge in [0, 0.05) is 0 Å². The monoisotopic (exact) mass is 252 g/mol. The van der Waals surface area contributed by atoms with E-state index < -0.39 is 24.4 Å². The van der Waals surface area contributed by atoms with E-state index in [1.165, 1.54) is 13.0 Å². The van der Waals surface area contributed by atoms with Gasteiger partial charge in [0.05, 0.1) is 0 Å². The van der Waals surface area contributed by atoms with E-state index in [0.29, 0.717) is 0 Å². The number of hydrogen-bond acceptors (Lipinski definition) is 3. The van der Waals surface area contributed by atoms with Crippen LogP contribution in [0.15, 0.2) is 16.5 Å². The molecule has 0 saturated carbocycles. The fourth-order valence-corrected chi connectivity index (χ4v) is 1.14. The summed E-state index contributed by atoms with van der Waals surface area (Å²) in [6.45, 7) is 2.23. The van der Waals surface area contributed by atoms with Gasteiger partial charge in [-0.15, -0.1) is 0 Å². The Hall–Kier alpha value is -1.50. The number of ether oxygens (including phenoxy) is 1. The van der Waals surface area contributed by atoms with Crippen LogP contribution in [0.5, 0.6) is 0 Å². The molecule has 4 nitrogen and oxygen atoms in total. The van der Waals surface area contributed by atoms with Gasteiger partial charge < -0.3 is 14.3 Å². The number of carboxylic acids is 1. The maximum Gasteiger partial charge on any atom is 0.414 e. The number of hydrogen-bond donors (Lipinski definition) is 1. The van der Waals surface area contributed by atoms with Crippen molar-refractivity contribution in [2.45, 2.75) is 32.2 Å². The van der Waals surface area contributed by atoms with Crippen molar-refractivity contribution in [3.8, 4) is 0 Å². The van der Waals surface area contributed by atoms with Crippen molar-refractivity contribution in [3.63, 3.8) is 0 Å². The van der Waals surface area contributed by atoms with E-state index >= 15 is 0 Å². The van der Waals surface area contributed by atoms with Crippen molar-refractivity contribution in [2.24, 2.45) is 0 Å². The highest BCUT2D eigenvalue weighted by Gasteiger charge is 2.38. The van der Waals surface area contributed by atoms with E-state index in [1.54, 1.807) is 0 Å². The molecular weight excluding hydrogens is 241 g/mol. The highest BCUT2D eigenvalue weighted by molar-refractivity contribution is 5.84. The van der Waals surface area contributed by atoms with Gasteiger partial charge in [0.15, 0.2) is 6.10 Å². The fourth-order valence-electron chi connectivity index (χ4n) is 1.14. The third-order valence-electron chi connectivity index (χ3n) is 2.11. The van der Waals surface area contributed by atoms with Crippen LogP contribution in [0.1, 0.15) is 36.3 Å². The Balaban J connectivity index is 2.70. The molecular formula is C10H11F3O4. The average Bonchev–Trinajstić information content (AvgIpc) is 2.64. The molecule has 0 saturated heterocycles. The number of carbonyl (C=O) groups is 1.